The maximum Gasteiger partial charge on any atom is 0.0719 e. The number of nitrogens with zero attached hydrogens (tertiary/aromatic N) is 1. The molecule has 0 atom stereocenters. The fourth-order valence-corrected chi connectivity index (χ4v) is 13.5. The maximum absolute atomic E-state index is 2.49. The van der Waals surface area contributed by atoms with Gasteiger partial charge in [-0.1, -0.05) is 240 Å². The lowest BCUT2D eigenvalue weighted by molar-refractivity contribution is 0.660. The molecule has 0 saturated heterocycles. The van der Waals surface area contributed by atoms with Crippen molar-refractivity contribution in [1.82, 2.24) is 0 Å². The van der Waals surface area contributed by atoms with Crippen LogP contribution >= 0.6 is 0 Å². The average molecular weight is 920 g/mol. The van der Waals surface area contributed by atoms with Crippen molar-refractivity contribution in [3.63, 3.8) is 0 Å². The third kappa shape index (κ3) is 5.89. The van der Waals surface area contributed by atoms with Gasteiger partial charge in [-0.3, -0.25) is 0 Å². The molecule has 3 aliphatic rings. The Morgan fingerprint density at radius 3 is 1.22 bits per heavy atom. The van der Waals surface area contributed by atoms with Gasteiger partial charge in [0.2, 0.25) is 0 Å². The summed E-state index contributed by atoms with van der Waals surface area (Å²) in [6.45, 7) is 9.51. The van der Waals surface area contributed by atoms with Crippen LogP contribution in [-0.2, 0) is 16.2 Å². The number of benzene rings is 11. The summed E-state index contributed by atoms with van der Waals surface area (Å²) in [7, 11) is 0. The fourth-order valence-electron chi connectivity index (χ4n) is 13.5. The minimum atomic E-state index is -0.557. The summed E-state index contributed by atoms with van der Waals surface area (Å²) in [6, 6.07) is 93.6. The highest BCUT2D eigenvalue weighted by Gasteiger charge is 2.49. The molecule has 0 spiro atoms. The molecular weight excluding hydrogens is 867 g/mol. The van der Waals surface area contributed by atoms with Gasteiger partial charge < -0.3 is 4.90 Å². The molecule has 0 radical (unpaired) electrons. The molecule has 14 rings (SSSR count). The summed E-state index contributed by atoms with van der Waals surface area (Å²) < 4.78 is 0. The van der Waals surface area contributed by atoms with Crippen LogP contribution in [0.25, 0.3) is 66.4 Å². The van der Waals surface area contributed by atoms with Crippen molar-refractivity contribution in [1.29, 1.82) is 0 Å². The minimum Gasteiger partial charge on any atom is -0.310 e. The molecule has 11 aromatic rings. The van der Waals surface area contributed by atoms with Gasteiger partial charge in [-0.25, -0.2) is 0 Å². The Morgan fingerprint density at radius 2 is 0.681 bits per heavy atom. The molecule has 11 aromatic carbocycles. The van der Waals surface area contributed by atoms with Crippen LogP contribution in [0.15, 0.2) is 249 Å². The van der Waals surface area contributed by atoms with Crippen molar-refractivity contribution in [3.8, 4) is 55.6 Å². The first kappa shape index (κ1) is 42.4. The predicted octanol–water partition coefficient (Wildman–Crippen LogP) is 18.6. The molecule has 0 bridgehead atoms. The molecule has 0 saturated carbocycles. The first-order valence-corrected chi connectivity index (χ1v) is 25.5. The van der Waals surface area contributed by atoms with Crippen LogP contribution in [0.1, 0.15) is 72.2 Å². The van der Waals surface area contributed by atoms with Crippen LogP contribution < -0.4 is 4.90 Å². The molecule has 0 aromatic heterocycles. The second-order valence-electron chi connectivity index (χ2n) is 21.1. The highest BCUT2D eigenvalue weighted by molar-refractivity contribution is 6.15. The van der Waals surface area contributed by atoms with Gasteiger partial charge in [0.25, 0.3) is 0 Å². The zero-order valence-corrected chi connectivity index (χ0v) is 41.1. The van der Waals surface area contributed by atoms with Gasteiger partial charge in [0.1, 0.15) is 0 Å². The zero-order valence-electron chi connectivity index (χ0n) is 41.1. The van der Waals surface area contributed by atoms with Gasteiger partial charge in [-0.15, -0.1) is 0 Å². The van der Waals surface area contributed by atoms with E-state index in [1.54, 1.807) is 0 Å². The SMILES string of the molecule is CC1(C)c2ccccc2-c2ccc(N(c3ccc(-c4c(-c5ccccc5)c5c(c6ccccc46)C(c4ccccc4)(c4ccccc4)c4ccccc4-5)cc3)c3ccc4c(c3)C(C)(C)c3ccccc3-4)cc21. The van der Waals surface area contributed by atoms with Crippen molar-refractivity contribution < 1.29 is 0 Å². The van der Waals surface area contributed by atoms with E-state index < -0.39 is 5.41 Å². The van der Waals surface area contributed by atoms with E-state index in [2.05, 4.69) is 281 Å². The summed E-state index contributed by atoms with van der Waals surface area (Å²) in [6.07, 6.45) is 0. The molecule has 72 heavy (non-hydrogen) atoms. The Morgan fingerprint density at radius 1 is 0.278 bits per heavy atom. The normalized spacial score (nSPS) is 14.7. The number of rotatable bonds is 7. The lowest BCUT2D eigenvalue weighted by atomic mass is 9.66. The van der Waals surface area contributed by atoms with Crippen LogP contribution in [0.5, 0.6) is 0 Å². The van der Waals surface area contributed by atoms with E-state index in [-0.39, 0.29) is 10.8 Å². The third-order valence-electron chi connectivity index (χ3n) is 16.7. The quantitative estimate of drug-likeness (QED) is 0.154. The molecule has 1 heteroatoms. The maximum atomic E-state index is 2.49. The summed E-state index contributed by atoms with van der Waals surface area (Å²) in [5.74, 6) is 0. The summed E-state index contributed by atoms with van der Waals surface area (Å²) in [5, 5.41) is 2.50. The Balaban J connectivity index is 1.01. The molecule has 342 valence electrons. The Hall–Kier alpha value is -8.52. The predicted molar refractivity (Wildman–Crippen MR) is 302 cm³/mol. The number of fused-ring (bicyclic) bond motifs is 11. The Bertz CT molecular complexity index is 3810. The van der Waals surface area contributed by atoms with Gasteiger partial charge in [0.15, 0.2) is 0 Å². The van der Waals surface area contributed by atoms with E-state index in [4.69, 9.17) is 0 Å². The molecule has 3 aliphatic carbocycles. The number of hydrogen-bond donors (Lipinski definition) is 0. The molecule has 0 unspecified atom stereocenters. The highest BCUT2D eigenvalue weighted by Crippen LogP contribution is 2.63. The van der Waals surface area contributed by atoms with E-state index in [0.29, 0.717) is 0 Å². The topological polar surface area (TPSA) is 3.24 Å². The monoisotopic (exact) mass is 919 g/mol. The summed E-state index contributed by atoms with van der Waals surface area (Å²) >= 11 is 0. The highest BCUT2D eigenvalue weighted by atomic mass is 15.1. The fraction of sp³-hybridized carbons (Fsp3) is 0.0986. The van der Waals surface area contributed by atoms with E-state index in [1.807, 2.05) is 0 Å². The second-order valence-corrected chi connectivity index (χ2v) is 21.1. The lowest BCUT2D eigenvalue weighted by Gasteiger charge is -2.35. The van der Waals surface area contributed by atoms with Gasteiger partial charge in [-0.05, 0) is 147 Å². The van der Waals surface area contributed by atoms with Crippen LogP contribution in [0, 0.1) is 0 Å². The lowest BCUT2D eigenvalue weighted by Crippen LogP contribution is -2.28. The van der Waals surface area contributed by atoms with Crippen LogP contribution in [-0.4, -0.2) is 0 Å². The van der Waals surface area contributed by atoms with Crippen LogP contribution in [0.4, 0.5) is 17.1 Å². The van der Waals surface area contributed by atoms with Crippen molar-refractivity contribution >= 4 is 27.8 Å². The number of hydrogen-bond acceptors (Lipinski definition) is 1. The first-order chi connectivity index (χ1) is 35.3. The molecule has 1 nitrogen and oxygen atoms in total. The first-order valence-electron chi connectivity index (χ1n) is 25.5. The van der Waals surface area contributed by atoms with E-state index in [0.717, 1.165) is 17.1 Å². The standard InChI is InChI=1S/C71H53N/c1-69(2)60-33-19-16-28-53(60)55-42-40-51(44-63(55)69)72(52-41-43-56-54-29-17-20-34-61(54)70(3,4)64(56)45-52)50-38-36-47(37-39-50)65-57-30-14-15-31-58(57)68-67(66(65)46-22-8-5-9-23-46)59-32-18-21-35-62(59)71(68,48-24-10-6-11-25-48)49-26-12-7-13-27-49/h5-45H,1-4H3. The van der Waals surface area contributed by atoms with Crippen molar-refractivity contribution in [2.45, 2.75) is 43.9 Å². The molecule has 0 aliphatic heterocycles. The third-order valence-corrected chi connectivity index (χ3v) is 16.7. The minimum absolute atomic E-state index is 0.140. The second kappa shape index (κ2) is 15.7. The van der Waals surface area contributed by atoms with E-state index in [1.165, 1.54) is 111 Å². The largest absolute Gasteiger partial charge is 0.310 e. The zero-order chi connectivity index (χ0) is 48.3. The number of anilines is 3. The summed E-state index contributed by atoms with van der Waals surface area (Å²) in [4.78, 5) is 2.49. The summed E-state index contributed by atoms with van der Waals surface area (Å²) in [5.41, 5.74) is 26.0. The van der Waals surface area contributed by atoms with Gasteiger partial charge in [0, 0.05) is 27.9 Å². The van der Waals surface area contributed by atoms with E-state index in [9.17, 15) is 0 Å². The van der Waals surface area contributed by atoms with Crippen molar-refractivity contribution in [2.75, 3.05) is 4.90 Å². The Labute approximate surface area is 423 Å². The van der Waals surface area contributed by atoms with Gasteiger partial charge in [-0.2, -0.15) is 0 Å². The van der Waals surface area contributed by atoms with Gasteiger partial charge >= 0.3 is 0 Å². The molecule has 0 N–H and O–H groups in total. The molecule has 0 heterocycles. The smallest absolute Gasteiger partial charge is 0.0719 e. The van der Waals surface area contributed by atoms with Crippen molar-refractivity contribution in [3.05, 3.63) is 293 Å². The van der Waals surface area contributed by atoms with E-state index >= 15 is 0 Å². The van der Waals surface area contributed by atoms with Crippen LogP contribution in [0.3, 0.4) is 0 Å². The Kier molecular flexibility index (Phi) is 9.26. The van der Waals surface area contributed by atoms with Gasteiger partial charge in [0.05, 0.1) is 5.41 Å². The van der Waals surface area contributed by atoms with Crippen LogP contribution in [0.2, 0.25) is 0 Å². The van der Waals surface area contributed by atoms with Crippen molar-refractivity contribution in [2.24, 2.45) is 0 Å². The molecule has 0 amide bonds. The molecular formula is C71H53N. The molecule has 0 fully saturated rings. The average Bonchev–Trinajstić information content (AvgIpc) is 3.97.